The van der Waals surface area contributed by atoms with Crippen LogP contribution in [0.15, 0.2) is 41.4 Å². The number of thiazole rings is 1. The fraction of sp³-hybridized carbons (Fsp3) is 0.200. The molecule has 3 aromatic rings. The highest BCUT2D eigenvalue weighted by Gasteiger charge is 2.19. The normalized spacial score (nSPS) is 11.9. The van der Waals surface area contributed by atoms with Crippen molar-refractivity contribution in [2.45, 2.75) is 18.7 Å². The van der Waals surface area contributed by atoms with Crippen LogP contribution in [0.1, 0.15) is 12.5 Å². The molecule has 4 nitrogen and oxygen atoms in total. The number of sulfone groups is 1. The lowest BCUT2D eigenvalue weighted by molar-refractivity contribution is 0.597. The summed E-state index contributed by atoms with van der Waals surface area (Å²) in [6.45, 7) is 3.62. The van der Waals surface area contributed by atoms with Gasteiger partial charge < -0.3 is 0 Å². The van der Waals surface area contributed by atoms with Crippen LogP contribution in [0.2, 0.25) is 0 Å². The Kier molecular flexibility index (Phi) is 3.51. The number of aromatic nitrogens is 2. The average Bonchev–Trinajstić information content (AvgIpc) is 2.90. The summed E-state index contributed by atoms with van der Waals surface area (Å²) < 4.78 is 25.4. The Morgan fingerprint density at radius 2 is 2.00 bits per heavy atom. The quantitative estimate of drug-likeness (QED) is 0.742. The lowest BCUT2D eigenvalue weighted by atomic mass is 10.2. The van der Waals surface area contributed by atoms with Crippen LogP contribution in [0.5, 0.6) is 0 Å². The maximum absolute atomic E-state index is 12.2. The van der Waals surface area contributed by atoms with Crippen molar-refractivity contribution in [3.8, 4) is 10.6 Å². The van der Waals surface area contributed by atoms with Crippen LogP contribution in [0.25, 0.3) is 20.9 Å². The van der Waals surface area contributed by atoms with Crippen molar-refractivity contribution >= 4 is 31.5 Å². The van der Waals surface area contributed by atoms with Gasteiger partial charge in [0.25, 0.3) is 0 Å². The first kappa shape index (κ1) is 14.2. The maximum atomic E-state index is 12.2. The van der Waals surface area contributed by atoms with E-state index < -0.39 is 9.84 Å². The van der Waals surface area contributed by atoms with Crippen LogP contribution in [0, 0.1) is 6.92 Å². The monoisotopic (exact) mass is 318 g/mol. The van der Waals surface area contributed by atoms with Gasteiger partial charge in [0.2, 0.25) is 0 Å². The highest BCUT2D eigenvalue weighted by atomic mass is 32.2. The van der Waals surface area contributed by atoms with Crippen LogP contribution in [-0.2, 0) is 9.84 Å². The van der Waals surface area contributed by atoms with Gasteiger partial charge in [0, 0.05) is 11.8 Å². The number of benzene rings is 1. The average molecular weight is 318 g/mol. The fourth-order valence-corrected chi connectivity index (χ4v) is 4.33. The van der Waals surface area contributed by atoms with E-state index in [1.807, 2.05) is 19.1 Å². The summed E-state index contributed by atoms with van der Waals surface area (Å²) in [4.78, 5) is 9.10. The van der Waals surface area contributed by atoms with Crippen LogP contribution in [0.4, 0.5) is 0 Å². The number of aryl methyl sites for hydroxylation is 1. The molecular weight excluding hydrogens is 304 g/mol. The van der Waals surface area contributed by atoms with E-state index in [0.29, 0.717) is 21.1 Å². The number of pyridine rings is 1. The second kappa shape index (κ2) is 5.20. The molecule has 1 aromatic carbocycles. The lowest BCUT2D eigenvalue weighted by Gasteiger charge is -2.06. The molecule has 2 aromatic heterocycles. The Morgan fingerprint density at radius 1 is 1.24 bits per heavy atom. The van der Waals surface area contributed by atoms with Crippen LogP contribution in [0.3, 0.4) is 0 Å². The molecule has 21 heavy (non-hydrogen) atoms. The fourth-order valence-electron chi connectivity index (χ4n) is 2.10. The van der Waals surface area contributed by atoms with Gasteiger partial charge in [-0.05, 0) is 24.6 Å². The van der Waals surface area contributed by atoms with Gasteiger partial charge in [-0.25, -0.2) is 18.4 Å². The smallest absolute Gasteiger partial charge is 0.178 e. The van der Waals surface area contributed by atoms with Gasteiger partial charge in [0.05, 0.1) is 15.3 Å². The summed E-state index contributed by atoms with van der Waals surface area (Å²) in [7, 11) is -3.28. The number of hydrogen-bond donors (Lipinski definition) is 0. The SMILES string of the molecule is CCS(=O)(=O)c1ccccc1-c1nc2ncc(C)cc2s1. The van der Waals surface area contributed by atoms with Crippen molar-refractivity contribution in [1.29, 1.82) is 0 Å². The van der Waals surface area contributed by atoms with Gasteiger partial charge in [0.1, 0.15) is 5.01 Å². The topological polar surface area (TPSA) is 59.9 Å². The van der Waals surface area contributed by atoms with E-state index >= 15 is 0 Å². The van der Waals surface area contributed by atoms with Gasteiger partial charge in [-0.2, -0.15) is 0 Å². The van der Waals surface area contributed by atoms with Gasteiger partial charge >= 0.3 is 0 Å². The molecule has 0 saturated heterocycles. The first-order valence-electron chi connectivity index (χ1n) is 6.56. The third-order valence-corrected chi connectivity index (χ3v) is 6.03. The minimum absolute atomic E-state index is 0.0757. The number of fused-ring (bicyclic) bond motifs is 1. The molecule has 108 valence electrons. The first-order valence-corrected chi connectivity index (χ1v) is 9.03. The predicted molar refractivity (Wildman–Crippen MR) is 85.3 cm³/mol. The van der Waals surface area contributed by atoms with E-state index in [4.69, 9.17) is 0 Å². The van der Waals surface area contributed by atoms with E-state index in [9.17, 15) is 8.42 Å². The Morgan fingerprint density at radius 3 is 2.76 bits per heavy atom. The van der Waals surface area contributed by atoms with Crippen LogP contribution in [-0.4, -0.2) is 24.1 Å². The van der Waals surface area contributed by atoms with Gasteiger partial charge in [-0.15, -0.1) is 11.3 Å². The van der Waals surface area contributed by atoms with Gasteiger partial charge in [-0.1, -0.05) is 25.1 Å². The van der Waals surface area contributed by atoms with Crippen LogP contribution >= 0.6 is 11.3 Å². The van der Waals surface area contributed by atoms with Crippen molar-refractivity contribution in [3.63, 3.8) is 0 Å². The summed E-state index contributed by atoms with van der Waals surface area (Å²) in [5.41, 5.74) is 2.37. The minimum atomic E-state index is -3.28. The Bertz CT molecular complexity index is 914. The summed E-state index contributed by atoms with van der Waals surface area (Å²) in [5.74, 6) is 0.0757. The highest BCUT2D eigenvalue weighted by Crippen LogP contribution is 2.33. The second-order valence-corrected chi connectivity index (χ2v) is 8.03. The summed E-state index contributed by atoms with van der Waals surface area (Å²) >= 11 is 1.47. The predicted octanol–water partition coefficient (Wildman–Crippen LogP) is 3.46. The van der Waals surface area contributed by atoms with Crippen LogP contribution < -0.4 is 0 Å². The molecule has 0 bridgehead atoms. The molecule has 0 N–H and O–H groups in total. The van der Waals surface area contributed by atoms with Crippen molar-refractivity contribution in [3.05, 3.63) is 42.1 Å². The molecular formula is C15H14N2O2S2. The Balaban J connectivity index is 2.24. The Labute approximate surface area is 127 Å². The van der Waals surface area contributed by atoms with Crippen molar-refractivity contribution in [2.24, 2.45) is 0 Å². The zero-order chi connectivity index (χ0) is 15.0. The molecule has 6 heteroatoms. The van der Waals surface area contributed by atoms with Gasteiger partial charge in [0.15, 0.2) is 15.5 Å². The van der Waals surface area contributed by atoms with Gasteiger partial charge in [-0.3, -0.25) is 0 Å². The van der Waals surface area contributed by atoms with Crippen molar-refractivity contribution in [2.75, 3.05) is 5.75 Å². The highest BCUT2D eigenvalue weighted by molar-refractivity contribution is 7.91. The summed E-state index contributed by atoms with van der Waals surface area (Å²) in [6, 6.07) is 9.02. The molecule has 0 spiro atoms. The summed E-state index contributed by atoms with van der Waals surface area (Å²) in [6.07, 6.45) is 1.76. The first-order chi connectivity index (χ1) is 10.0. The standard InChI is InChI=1S/C15H14N2O2S2/c1-3-21(18,19)13-7-5-4-6-11(13)15-17-14-12(20-15)8-10(2)9-16-14/h4-9H,3H2,1-2H3. The van der Waals surface area contributed by atoms with E-state index in [0.717, 1.165) is 10.3 Å². The Hall–Kier alpha value is -1.79. The molecule has 0 amide bonds. The molecule has 2 heterocycles. The zero-order valence-electron chi connectivity index (χ0n) is 11.7. The molecule has 3 rings (SSSR count). The maximum Gasteiger partial charge on any atom is 0.178 e. The summed E-state index contributed by atoms with van der Waals surface area (Å²) in [5, 5.41) is 0.690. The lowest BCUT2D eigenvalue weighted by Crippen LogP contribution is -2.05. The van der Waals surface area contributed by atoms with E-state index in [2.05, 4.69) is 9.97 Å². The largest absolute Gasteiger partial charge is 0.236 e. The number of rotatable bonds is 3. The van der Waals surface area contributed by atoms with E-state index in [1.165, 1.54) is 11.3 Å². The molecule has 0 aliphatic heterocycles. The number of hydrogen-bond acceptors (Lipinski definition) is 5. The molecule has 0 radical (unpaired) electrons. The van der Waals surface area contributed by atoms with Crippen molar-refractivity contribution < 1.29 is 8.42 Å². The zero-order valence-corrected chi connectivity index (χ0v) is 13.3. The van der Waals surface area contributed by atoms with E-state index in [-0.39, 0.29) is 5.75 Å². The second-order valence-electron chi connectivity index (χ2n) is 4.75. The third-order valence-electron chi connectivity index (χ3n) is 3.22. The molecule has 0 fully saturated rings. The molecule has 0 saturated carbocycles. The van der Waals surface area contributed by atoms with E-state index in [1.54, 1.807) is 31.3 Å². The van der Waals surface area contributed by atoms with Crippen molar-refractivity contribution in [1.82, 2.24) is 9.97 Å². The molecule has 0 aliphatic carbocycles. The number of nitrogens with zero attached hydrogens (tertiary/aromatic N) is 2. The molecule has 0 aliphatic rings. The molecule has 0 unspecified atom stereocenters. The third kappa shape index (κ3) is 2.56. The minimum Gasteiger partial charge on any atom is -0.236 e. The molecule has 0 atom stereocenters.